The Kier molecular flexibility index (Phi) is 6.83. The SMILES string of the molecule is C=CC(C)S(=O)(=O)N(Cc1ccc(OC)cc1)Cc1ccc(OC)cc1. The van der Waals surface area contributed by atoms with Crippen LogP contribution in [0.5, 0.6) is 11.5 Å². The van der Waals surface area contributed by atoms with Gasteiger partial charge >= 0.3 is 0 Å². The molecule has 0 radical (unpaired) electrons. The van der Waals surface area contributed by atoms with E-state index in [-0.39, 0.29) is 13.1 Å². The van der Waals surface area contributed by atoms with Gasteiger partial charge in [0.15, 0.2) is 0 Å². The van der Waals surface area contributed by atoms with E-state index in [1.165, 1.54) is 10.4 Å². The third-order valence-corrected chi connectivity index (χ3v) is 6.31. The molecule has 2 rings (SSSR count). The van der Waals surface area contributed by atoms with Gasteiger partial charge < -0.3 is 9.47 Å². The number of sulfonamides is 1. The fourth-order valence-corrected chi connectivity index (χ4v) is 3.83. The van der Waals surface area contributed by atoms with Gasteiger partial charge in [-0.25, -0.2) is 8.42 Å². The molecule has 0 aliphatic carbocycles. The van der Waals surface area contributed by atoms with Crippen molar-refractivity contribution in [1.82, 2.24) is 4.31 Å². The van der Waals surface area contributed by atoms with Crippen molar-refractivity contribution in [2.45, 2.75) is 25.3 Å². The summed E-state index contributed by atoms with van der Waals surface area (Å²) in [4.78, 5) is 0. The molecule has 0 saturated heterocycles. The Morgan fingerprint density at radius 3 is 1.62 bits per heavy atom. The Balaban J connectivity index is 2.29. The number of methoxy groups -OCH3 is 2. The lowest BCUT2D eigenvalue weighted by Crippen LogP contribution is -2.35. The molecule has 0 aliphatic heterocycles. The van der Waals surface area contributed by atoms with E-state index in [0.29, 0.717) is 0 Å². The molecule has 0 bridgehead atoms. The fourth-order valence-electron chi connectivity index (χ4n) is 2.46. The molecular formula is C20H25NO4S. The van der Waals surface area contributed by atoms with Crippen LogP contribution in [0.1, 0.15) is 18.1 Å². The minimum atomic E-state index is -3.53. The standard InChI is InChI=1S/C20H25NO4S/c1-5-16(2)26(22,23)21(14-17-6-10-19(24-3)11-7-17)15-18-8-12-20(25-4)13-9-18/h5-13,16H,1,14-15H2,2-4H3. The molecule has 1 unspecified atom stereocenters. The van der Waals surface area contributed by atoms with E-state index < -0.39 is 15.3 Å². The van der Waals surface area contributed by atoms with Gasteiger partial charge in [-0.15, -0.1) is 6.58 Å². The van der Waals surface area contributed by atoms with Gasteiger partial charge in [-0.1, -0.05) is 30.3 Å². The van der Waals surface area contributed by atoms with E-state index in [4.69, 9.17) is 9.47 Å². The molecule has 5 nitrogen and oxygen atoms in total. The van der Waals surface area contributed by atoms with Crippen molar-refractivity contribution in [3.63, 3.8) is 0 Å². The molecule has 0 saturated carbocycles. The van der Waals surface area contributed by atoms with E-state index >= 15 is 0 Å². The van der Waals surface area contributed by atoms with Crippen LogP contribution in [0.4, 0.5) is 0 Å². The quantitative estimate of drug-likeness (QED) is 0.628. The van der Waals surface area contributed by atoms with Crippen LogP contribution in [-0.2, 0) is 23.1 Å². The summed E-state index contributed by atoms with van der Waals surface area (Å²) in [5.41, 5.74) is 1.78. The summed E-state index contributed by atoms with van der Waals surface area (Å²) in [6.45, 7) is 5.81. The first-order chi connectivity index (χ1) is 12.4. The predicted molar refractivity (Wildman–Crippen MR) is 104 cm³/mol. The van der Waals surface area contributed by atoms with E-state index in [1.54, 1.807) is 21.1 Å². The lowest BCUT2D eigenvalue weighted by molar-refractivity contribution is 0.395. The molecule has 1 atom stereocenters. The highest BCUT2D eigenvalue weighted by molar-refractivity contribution is 7.89. The van der Waals surface area contributed by atoms with Crippen molar-refractivity contribution in [2.24, 2.45) is 0 Å². The van der Waals surface area contributed by atoms with Crippen LogP contribution in [0.25, 0.3) is 0 Å². The van der Waals surface area contributed by atoms with E-state index in [9.17, 15) is 8.42 Å². The van der Waals surface area contributed by atoms with Crippen molar-refractivity contribution in [3.8, 4) is 11.5 Å². The zero-order valence-electron chi connectivity index (χ0n) is 15.4. The zero-order valence-corrected chi connectivity index (χ0v) is 16.2. The number of benzene rings is 2. The van der Waals surface area contributed by atoms with E-state index in [2.05, 4.69) is 6.58 Å². The average Bonchev–Trinajstić information content (AvgIpc) is 2.67. The molecule has 2 aromatic carbocycles. The Hall–Kier alpha value is -2.31. The van der Waals surface area contributed by atoms with Crippen LogP contribution < -0.4 is 9.47 Å². The highest BCUT2D eigenvalue weighted by atomic mass is 32.2. The molecule has 0 N–H and O–H groups in total. The summed E-state index contributed by atoms with van der Waals surface area (Å²) >= 11 is 0. The smallest absolute Gasteiger partial charge is 0.220 e. The lowest BCUT2D eigenvalue weighted by atomic mass is 10.2. The van der Waals surface area contributed by atoms with Crippen molar-refractivity contribution in [3.05, 3.63) is 72.3 Å². The molecule has 0 aliphatic rings. The highest BCUT2D eigenvalue weighted by Crippen LogP contribution is 2.21. The molecule has 26 heavy (non-hydrogen) atoms. The summed E-state index contributed by atoms with van der Waals surface area (Å²) in [6.07, 6.45) is 1.45. The number of nitrogens with zero attached hydrogens (tertiary/aromatic N) is 1. The topological polar surface area (TPSA) is 55.8 Å². The fraction of sp³-hybridized carbons (Fsp3) is 0.300. The highest BCUT2D eigenvalue weighted by Gasteiger charge is 2.27. The minimum Gasteiger partial charge on any atom is -0.497 e. The Morgan fingerprint density at radius 2 is 1.31 bits per heavy atom. The minimum absolute atomic E-state index is 0.274. The van der Waals surface area contributed by atoms with Gasteiger partial charge in [0.1, 0.15) is 11.5 Å². The summed E-state index contributed by atoms with van der Waals surface area (Å²) in [7, 11) is -0.329. The first kappa shape index (κ1) is 20.0. The van der Waals surface area contributed by atoms with Crippen molar-refractivity contribution < 1.29 is 17.9 Å². The molecule has 0 heterocycles. The summed E-state index contributed by atoms with van der Waals surface area (Å²) < 4.78 is 37.6. The Morgan fingerprint density at radius 1 is 0.923 bits per heavy atom. The van der Waals surface area contributed by atoms with Crippen molar-refractivity contribution >= 4 is 10.0 Å². The monoisotopic (exact) mass is 375 g/mol. The summed E-state index contributed by atoms with van der Waals surface area (Å²) in [5, 5.41) is -0.668. The second-order valence-electron chi connectivity index (χ2n) is 5.95. The van der Waals surface area contributed by atoms with E-state index in [1.807, 2.05) is 48.5 Å². The third-order valence-electron chi connectivity index (χ3n) is 4.20. The maximum absolute atomic E-state index is 12.9. The maximum atomic E-state index is 12.9. The first-order valence-corrected chi connectivity index (χ1v) is 9.78. The lowest BCUT2D eigenvalue weighted by Gasteiger charge is -2.25. The zero-order chi connectivity index (χ0) is 19.2. The van der Waals surface area contributed by atoms with E-state index in [0.717, 1.165) is 22.6 Å². The van der Waals surface area contributed by atoms with Gasteiger partial charge in [-0.2, -0.15) is 4.31 Å². The molecule has 0 amide bonds. The van der Waals surface area contributed by atoms with Crippen LogP contribution >= 0.6 is 0 Å². The third kappa shape index (κ3) is 4.86. The summed E-state index contributed by atoms with van der Waals surface area (Å²) in [6, 6.07) is 14.8. The van der Waals surface area contributed by atoms with Gasteiger partial charge in [0.25, 0.3) is 0 Å². The van der Waals surface area contributed by atoms with Gasteiger partial charge in [0, 0.05) is 13.1 Å². The van der Waals surface area contributed by atoms with Crippen LogP contribution in [0.15, 0.2) is 61.2 Å². The van der Waals surface area contributed by atoms with Crippen LogP contribution in [0, 0.1) is 0 Å². The Labute approximate surface area is 155 Å². The average molecular weight is 375 g/mol. The molecule has 0 fully saturated rings. The molecule has 0 spiro atoms. The maximum Gasteiger partial charge on any atom is 0.220 e. The van der Waals surface area contributed by atoms with Crippen LogP contribution in [-0.4, -0.2) is 32.2 Å². The first-order valence-electron chi connectivity index (χ1n) is 8.28. The van der Waals surface area contributed by atoms with Crippen LogP contribution in [0.2, 0.25) is 0 Å². The summed E-state index contributed by atoms with van der Waals surface area (Å²) in [5.74, 6) is 1.47. The van der Waals surface area contributed by atoms with Crippen molar-refractivity contribution in [1.29, 1.82) is 0 Å². The number of hydrogen-bond donors (Lipinski definition) is 0. The molecular weight excluding hydrogens is 350 g/mol. The van der Waals surface area contributed by atoms with Gasteiger partial charge in [0.05, 0.1) is 19.5 Å². The number of ether oxygens (including phenoxy) is 2. The predicted octanol–water partition coefficient (Wildman–Crippen LogP) is 3.61. The molecule has 0 aromatic heterocycles. The normalized spacial score (nSPS) is 12.6. The molecule has 140 valence electrons. The van der Waals surface area contributed by atoms with Crippen molar-refractivity contribution in [2.75, 3.05) is 14.2 Å². The Bertz CT molecular complexity index is 764. The second-order valence-corrected chi connectivity index (χ2v) is 8.24. The largest absolute Gasteiger partial charge is 0.497 e. The van der Waals surface area contributed by atoms with Gasteiger partial charge in [-0.3, -0.25) is 0 Å². The molecule has 2 aromatic rings. The van der Waals surface area contributed by atoms with Crippen LogP contribution in [0.3, 0.4) is 0 Å². The second kappa shape index (κ2) is 8.87. The van der Waals surface area contributed by atoms with Gasteiger partial charge in [-0.05, 0) is 42.3 Å². The molecule has 6 heteroatoms. The number of rotatable bonds is 9. The number of hydrogen-bond acceptors (Lipinski definition) is 4. The van der Waals surface area contributed by atoms with Gasteiger partial charge in [0.2, 0.25) is 10.0 Å².